The van der Waals surface area contributed by atoms with Gasteiger partial charge in [-0.25, -0.2) is 13.1 Å². The van der Waals surface area contributed by atoms with Crippen LogP contribution in [0.4, 0.5) is 0 Å². The predicted molar refractivity (Wildman–Crippen MR) is 60.2 cm³/mol. The summed E-state index contributed by atoms with van der Waals surface area (Å²) in [6.07, 6.45) is -0.0825. The van der Waals surface area contributed by atoms with E-state index in [9.17, 15) is 13.2 Å². The van der Waals surface area contributed by atoms with Crippen molar-refractivity contribution in [1.82, 2.24) is 4.72 Å². The standard InChI is InChI=1S/C10H14N2O3S/c1-2-12-16(14,15)9-6-4-3-5-8(9)7-10(11)13/h3-6,12H,2,7H2,1H3,(H2,11,13). The lowest BCUT2D eigenvalue weighted by atomic mass is 10.1. The van der Waals surface area contributed by atoms with Crippen LogP contribution < -0.4 is 10.5 Å². The van der Waals surface area contributed by atoms with Crippen LogP contribution in [-0.4, -0.2) is 20.9 Å². The molecule has 1 amide bonds. The lowest BCUT2D eigenvalue weighted by Crippen LogP contribution is -2.25. The molecule has 88 valence electrons. The number of hydrogen-bond acceptors (Lipinski definition) is 3. The molecule has 6 heteroatoms. The van der Waals surface area contributed by atoms with Crippen LogP contribution in [0.2, 0.25) is 0 Å². The van der Waals surface area contributed by atoms with Crippen LogP contribution in [0.1, 0.15) is 12.5 Å². The SMILES string of the molecule is CCNS(=O)(=O)c1ccccc1CC(N)=O. The summed E-state index contributed by atoms with van der Waals surface area (Å²) in [4.78, 5) is 10.9. The molecule has 0 unspecified atom stereocenters. The third-order valence-corrected chi connectivity index (χ3v) is 3.61. The van der Waals surface area contributed by atoms with Crippen LogP contribution in [0.15, 0.2) is 29.2 Å². The zero-order chi connectivity index (χ0) is 12.2. The van der Waals surface area contributed by atoms with E-state index < -0.39 is 15.9 Å². The van der Waals surface area contributed by atoms with Gasteiger partial charge < -0.3 is 5.73 Å². The number of nitrogens with one attached hydrogen (secondary N) is 1. The van der Waals surface area contributed by atoms with Crippen molar-refractivity contribution in [2.24, 2.45) is 5.73 Å². The average molecular weight is 242 g/mol. The Bertz CT molecular complexity index is 483. The minimum atomic E-state index is -3.54. The largest absolute Gasteiger partial charge is 0.369 e. The van der Waals surface area contributed by atoms with Gasteiger partial charge in [0.25, 0.3) is 0 Å². The molecular formula is C10H14N2O3S. The smallest absolute Gasteiger partial charge is 0.240 e. The van der Waals surface area contributed by atoms with Crippen molar-refractivity contribution in [3.05, 3.63) is 29.8 Å². The maximum absolute atomic E-state index is 11.8. The van der Waals surface area contributed by atoms with E-state index in [0.717, 1.165) is 0 Å². The molecule has 0 aliphatic heterocycles. The first-order chi connectivity index (χ1) is 7.47. The van der Waals surface area contributed by atoms with E-state index in [1.807, 2.05) is 0 Å². The third-order valence-electron chi connectivity index (χ3n) is 1.96. The zero-order valence-corrected chi connectivity index (χ0v) is 9.75. The van der Waals surface area contributed by atoms with E-state index in [1.54, 1.807) is 25.1 Å². The van der Waals surface area contributed by atoms with E-state index in [1.165, 1.54) is 6.07 Å². The molecule has 0 aliphatic carbocycles. The predicted octanol–water partition coefficient (Wildman–Crippen LogP) is 0.0126. The normalized spacial score (nSPS) is 11.3. The minimum absolute atomic E-state index is 0.0825. The van der Waals surface area contributed by atoms with Crippen LogP contribution in [-0.2, 0) is 21.2 Å². The lowest BCUT2D eigenvalue weighted by Gasteiger charge is -2.08. The minimum Gasteiger partial charge on any atom is -0.369 e. The molecule has 0 heterocycles. The molecule has 0 saturated heterocycles. The van der Waals surface area contributed by atoms with Gasteiger partial charge in [-0.3, -0.25) is 4.79 Å². The molecule has 5 nitrogen and oxygen atoms in total. The monoisotopic (exact) mass is 242 g/mol. The van der Waals surface area contributed by atoms with E-state index in [2.05, 4.69) is 4.72 Å². The lowest BCUT2D eigenvalue weighted by molar-refractivity contribution is -0.117. The molecule has 0 aromatic heterocycles. The number of sulfonamides is 1. The van der Waals surface area contributed by atoms with Gasteiger partial charge in [0.05, 0.1) is 11.3 Å². The second-order valence-electron chi connectivity index (χ2n) is 3.25. The summed E-state index contributed by atoms with van der Waals surface area (Å²) >= 11 is 0. The van der Waals surface area contributed by atoms with Crippen LogP contribution in [0, 0.1) is 0 Å². The summed E-state index contributed by atoms with van der Waals surface area (Å²) in [6, 6.07) is 6.31. The first kappa shape index (κ1) is 12.7. The Balaban J connectivity index is 3.18. The second kappa shape index (κ2) is 5.09. The fourth-order valence-electron chi connectivity index (χ4n) is 1.37. The summed E-state index contributed by atoms with van der Waals surface area (Å²) in [5, 5.41) is 0. The quantitative estimate of drug-likeness (QED) is 0.762. The first-order valence-corrected chi connectivity index (χ1v) is 6.31. The molecule has 1 aromatic carbocycles. The summed E-state index contributed by atoms with van der Waals surface area (Å²) in [5.41, 5.74) is 5.47. The Labute approximate surface area is 94.7 Å². The van der Waals surface area contributed by atoms with Crippen molar-refractivity contribution in [2.45, 2.75) is 18.2 Å². The number of hydrogen-bond donors (Lipinski definition) is 2. The van der Waals surface area contributed by atoms with Crippen molar-refractivity contribution in [3.63, 3.8) is 0 Å². The summed E-state index contributed by atoms with van der Waals surface area (Å²) in [7, 11) is -3.54. The van der Waals surface area contributed by atoms with Gasteiger partial charge in [0.1, 0.15) is 0 Å². The molecule has 0 radical (unpaired) electrons. The van der Waals surface area contributed by atoms with Crippen LogP contribution in [0.3, 0.4) is 0 Å². The second-order valence-corrected chi connectivity index (χ2v) is 4.99. The molecule has 0 atom stereocenters. The van der Waals surface area contributed by atoms with Crippen molar-refractivity contribution in [3.8, 4) is 0 Å². The third kappa shape index (κ3) is 3.04. The van der Waals surface area contributed by atoms with E-state index in [0.29, 0.717) is 12.1 Å². The first-order valence-electron chi connectivity index (χ1n) is 4.83. The summed E-state index contributed by atoms with van der Waals surface area (Å²) < 4.78 is 25.9. The van der Waals surface area contributed by atoms with Gasteiger partial charge in [0, 0.05) is 6.54 Å². The van der Waals surface area contributed by atoms with Gasteiger partial charge in [0.2, 0.25) is 15.9 Å². The Kier molecular flexibility index (Phi) is 4.03. The number of rotatable bonds is 5. The van der Waals surface area contributed by atoms with Gasteiger partial charge >= 0.3 is 0 Å². The number of benzene rings is 1. The zero-order valence-electron chi connectivity index (χ0n) is 8.93. The number of carbonyl (C=O) groups is 1. The van der Waals surface area contributed by atoms with Gasteiger partial charge in [-0.05, 0) is 11.6 Å². The van der Waals surface area contributed by atoms with Crippen LogP contribution in [0.25, 0.3) is 0 Å². The molecule has 0 fully saturated rings. The van der Waals surface area contributed by atoms with Gasteiger partial charge in [-0.2, -0.15) is 0 Å². The van der Waals surface area contributed by atoms with E-state index >= 15 is 0 Å². The highest BCUT2D eigenvalue weighted by atomic mass is 32.2. The van der Waals surface area contributed by atoms with Crippen molar-refractivity contribution < 1.29 is 13.2 Å². The maximum Gasteiger partial charge on any atom is 0.240 e. The highest BCUT2D eigenvalue weighted by molar-refractivity contribution is 7.89. The molecule has 1 rings (SSSR count). The molecule has 0 aliphatic rings. The number of amides is 1. The van der Waals surface area contributed by atoms with Gasteiger partial charge in [0.15, 0.2) is 0 Å². The molecule has 0 spiro atoms. The summed E-state index contributed by atoms with van der Waals surface area (Å²) in [6.45, 7) is 1.99. The highest BCUT2D eigenvalue weighted by Gasteiger charge is 2.17. The van der Waals surface area contributed by atoms with Crippen molar-refractivity contribution in [2.75, 3.05) is 6.54 Å². The van der Waals surface area contributed by atoms with Gasteiger partial charge in [-0.15, -0.1) is 0 Å². The van der Waals surface area contributed by atoms with Crippen LogP contribution in [0.5, 0.6) is 0 Å². The Morgan fingerprint density at radius 1 is 1.38 bits per heavy atom. The Morgan fingerprint density at radius 2 is 2.00 bits per heavy atom. The Hall–Kier alpha value is -1.40. The Morgan fingerprint density at radius 3 is 2.56 bits per heavy atom. The number of primary amides is 1. The molecule has 0 saturated carbocycles. The summed E-state index contributed by atoms with van der Waals surface area (Å²) in [5.74, 6) is -0.556. The van der Waals surface area contributed by atoms with Crippen LogP contribution >= 0.6 is 0 Å². The fraction of sp³-hybridized carbons (Fsp3) is 0.300. The molecular weight excluding hydrogens is 228 g/mol. The number of nitrogens with two attached hydrogens (primary N) is 1. The highest BCUT2D eigenvalue weighted by Crippen LogP contribution is 2.15. The van der Waals surface area contributed by atoms with Crippen molar-refractivity contribution >= 4 is 15.9 Å². The molecule has 0 bridgehead atoms. The topological polar surface area (TPSA) is 89.3 Å². The fourth-order valence-corrected chi connectivity index (χ4v) is 2.65. The average Bonchev–Trinajstić information content (AvgIpc) is 2.17. The van der Waals surface area contributed by atoms with Gasteiger partial charge in [-0.1, -0.05) is 25.1 Å². The molecule has 3 N–H and O–H groups in total. The van der Waals surface area contributed by atoms with E-state index in [4.69, 9.17) is 5.73 Å². The van der Waals surface area contributed by atoms with E-state index in [-0.39, 0.29) is 11.3 Å². The molecule has 1 aromatic rings. The molecule has 16 heavy (non-hydrogen) atoms. The number of carbonyl (C=O) groups excluding carboxylic acids is 1. The van der Waals surface area contributed by atoms with Crippen molar-refractivity contribution in [1.29, 1.82) is 0 Å². The maximum atomic E-state index is 11.8.